The van der Waals surface area contributed by atoms with Crippen LogP contribution in [0.4, 0.5) is 10.8 Å². The summed E-state index contributed by atoms with van der Waals surface area (Å²) in [4.78, 5) is 16.9. The van der Waals surface area contributed by atoms with E-state index in [0.29, 0.717) is 5.13 Å². The van der Waals surface area contributed by atoms with Crippen LogP contribution < -0.4 is 11.1 Å². The first kappa shape index (κ1) is 12.9. The molecule has 18 heavy (non-hydrogen) atoms. The van der Waals surface area contributed by atoms with E-state index in [1.807, 2.05) is 36.6 Å². The van der Waals surface area contributed by atoms with Crippen molar-refractivity contribution >= 4 is 39.8 Å². The first-order chi connectivity index (χ1) is 8.65. The van der Waals surface area contributed by atoms with Gasteiger partial charge in [-0.1, -0.05) is 0 Å². The van der Waals surface area contributed by atoms with E-state index >= 15 is 0 Å². The van der Waals surface area contributed by atoms with Gasteiger partial charge in [0, 0.05) is 22.2 Å². The summed E-state index contributed by atoms with van der Waals surface area (Å²) in [5, 5.41) is 5.05. The van der Waals surface area contributed by atoms with Gasteiger partial charge in [0.1, 0.15) is 0 Å². The molecular weight excluding hydrogens is 266 g/mol. The monoisotopic (exact) mass is 279 g/mol. The number of hydrogen-bond acceptors (Lipinski definition) is 5. The average molecular weight is 279 g/mol. The third-order valence-electron chi connectivity index (χ3n) is 2.22. The molecule has 0 fully saturated rings. The SMILES string of the molecule is CC(Sc1ccc(N)cc1)C(=O)Nc1nccs1. The van der Waals surface area contributed by atoms with Crippen molar-refractivity contribution in [3.05, 3.63) is 35.8 Å². The topological polar surface area (TPSA) is 68.0 Å². The Morgan fingerprint density at radius 2 is 2.17 bits per heavy atom. The molecule has 0 aliphatic rings. The molecular formula is C12H13N3OS2. The zero-order chi connectivity index (χ0) is 13.0. The maximum atomic E-state index is 11.9. The van der Waals surface area contributed by atoms with Gasteiger partial charge in [0.15, 0.2) is 5.13 Å². The van der Waals surface area contributed by atoms with Crippen molar-refractivity contribution in [1.29, 1.82) is 0 Å². The second-order valence-electron chi connectivity index (χ2n) is 3.66. The number of thioether (sulfide) groups is 1. The zero-order valence-corrected chi connectivity index (χ0v) is 11.4. The van der Waals surface area contributed by atoms with Crippen LogP contribution in [0.1, 0.15) is 6.92 Å². The van der Waals surface area contributed by atoms with E-state index in [-0.39, 0.29) is 11.2 Å². The van der Waals surface area contributed by atoms with E-state index in [2.05, 4.69) is 10.3 Å². The Morgan fingerprint density at radius 1 is 1.44 bits per heavy atom. The number of amides is 1. The molecule has 6 heteroatoms. The molecule has 0 spiro atoms. The number of rotatable bonds is 4. The number of carbonyl (C=O) groups excluding carboxylic acids is 1. The number of nitrogens with zero attached hydrogens (tertiary/aromatic N) is 1. The minimum absolute atomic E-state index is 0.0493. The lowest BCUT2D eigenvalue weighted by Crippen LogP contribution is -2.22. The van der Waals surface area contributed by atoms with E-state index in [0.717, 1.165) is 10.6 Å². The lowest BCUT2D eigenvalue weighted by Gasteiger charge is -2.10. The maximum Gasteiger partial charge on any atom is 0.239 e. The summed E-state index contributed by atoms with van der Waals surface area (Å²) in [6, 6.07) is 7.47. The van der Waals surface area contributed by atoms with Crippen molar-refractivity contribution in [2.45, 2.75) is 17.1 Å². The Balaban J connectivity index is 1.93. The van der Waals surface area contributed by atoms with Crippen molar-refractivity contribution in [2.24, 2.45) is 0 Å². The van der Waals surface area contributed by atoms with E-state index in [1.165, 1.54) is 23.1 Å². The van der Waals surface area contributed by atoms with E-state index in [1.54, 1.807) is 6.20 Å². The van der Waals surface area contributed by atoms with Gasteiger partial charge in [-0.15, -0.1) is 23.1 Å². The minimum atomic E-state index is -0.183. The van der Waals surface area contributed by atoms with Crippen LogP contribution >= 0.6 is 23.1 Å². The molecule has 0 aliphatic heterocycles. The van der Waals surface area contributed by atoms with Crippen LogP contribution in [-0.2, 0) is 4.79 Å². The van der Waals surface area contributed by atoms with Crippen LogP contribution in [0.3, 0.4) is 0 Å². The van der Waals surface area contributed by atoms with Gasteiger partial charge < -0.3 is 11.1 Å². The molecule has 1 amide bonds. The number of hydrogen-bond donors (Lipinski definition) is 2. The summed E-state index contributed by atoms with van der Waals surface area (Å²) < 4.78 is 0. The van der Waals surface area contributed by atoms with E-state index in [9.17, 15) is 4.79 Å². The fourth-order valence-corrected chi connectivity index (χ4v) is 2.70. The Hall–Kier alpha value is -1.53. The van der Waals surface area contributed by atoms with E-state index in [4.69, 9.17) is 5.73 Å². The highest BCUT2D eigenvalue weighted by Crippen LogP contribution is 2.25. The van der Waals surface area contributed by atoms with Crippen LogP contribution in [-0.4, -0.2) is 16.1 Å². The van der Waals surface area contributed by atoms with Gasteiger partial charge in [-0.3, -0.25) is 4.79 Å². The summed E-state index contributed by atoms with van der Waals surface area (Å²) in [5.41, 5.74) is 6.33. The molecule has 1 heterocycles. The summed E-state index contributed by atoms with van der Waals surface area (Å²) >= 11 is 2.90. The number of carbonyl (C=O) groups is 1. The molecule has 1 aromatic carbocycles. The lowest BCUT2D eigenvalue weighted by atomic mass is 10.3. The van der Waals surface area contributed by atoms with Crippen LogP contribution in [0.15, 0.2) is 40.7 Å². The Morgan fingerprint density at radius 3 is 2.78 bits per heavy atom. The summed E-state index contributed by atoms with van der Waals surface area (Å²) in [5.74, 6) is -0.0493. The molecule has 1 atom stereocenters. The van der Waals surface area contributed by atoms with Crippen molar-refractivity contribution in [2.75, 3.05) is 11.1 Å². The summed E-state index contributed by atoms with van der Waals surface area (Å²) in [6.07, 6.45) is 1.66. The molecule has 2 aromatic rings. The second-order valence-corrected chi connectivity index (χ2v) is 5.96. The van der Waals surface area contributed by atoms with Crippen LogP contribution in [0.5, 0.6) is 0 Å². The van der Waals surface area contributed by atoms with Crippen molar-refractivity contribution in [3.8, 4) is 0 Å². The number of nitrogen functional groups attached to an aromatic ring is 1. The van der Waals surface area contributed by atoms with Crippen molar-refractivity contribution < 1.29 is 4.79 Å². The smallest absolute Gasteiger partial charge is 0.239 e. The molecule has 1 aromatic heterocycles. The fraction of sp³-hybridized carbons (Fsp3) is 0.167. The number of nitrogens with two attached hydrogens (primary N) is 1. The van der Waals surface area contributed by atoms with Gasteiger partial charge in [0.2, 0.25) is 5.91 Å². The fourth-order valence-electron chi connectivity index (χ4n) is 1.30. The molecule has 4 nitrogen and oxygen atoms in total. The van der Waals surface area contributed by atoms with Crippen LogP contribution in [0, 0.1) is 0 Å². The Kier molecular flexibility index (Phi) is 4.22. The predicted octanol–water partition coefficient (Wildman–Crippen LogP) is 2.84. The molecule has 0 aliphatic carbocycles. The molecule has 2 rings (SSSR count). The van der Waals surface area contributed by atoms with Gasteiger partial charge in [-0.2, -0.15) is 0 Å². The van der Waals surface area contributed by atoms with Gasteiger partial charge in [-0.05, 0) is 31.2 Å². The molecule has 0 saturated carbocycles. The Bertz CT molecular complexity index is 511. The summed E-state index contributed by atoms with van der Waals surface area (Å²) in [7, 11) is 0. The standard InChI is InChI=1S/C12H13N3OS2/c1-8(11(16)15-12-14-6-7-17-12)18-10-4-2-9(13)3-5-10/h2-8H,13H2,1H3,(H,14,15,16). The summed E-state index contributed by atoms with van der Waals surface area (Å²) in [6.45, 7) is 1.87. The molecule has 0 bridgehead atoms. The molecule has 0 saturated heterocycles. The minimum Gasteiger partial charge on any atom is -0.399 e. The maximum absolute atomic E-state index is 11.9. The van der Waals surface area contributed by atoms with Gasteiger partial charge in [-0.25, -0.2) is 4.98 Å². The molecule has 0 radical (unpaired) electrons. The number of nitrogens with one attached hydrogen (secondary N) is 1. The highest BCUT2D eigenvalue weighted by molar-refractivity contribution is 8.00. The quantitative estimate of drug-likeness (QED) is 0.667. The number of thiazole rings is 1. The van der Waals surface area contributed by atoms with Crippen molar-refractivity contribution in [1.82, 2.24) is 4.98 Å². The Labute approximate surface area is 114 Å². The van der Waals surface area contributed by atoms with Gasteiger partial charge >= 0.3 is 0 Å². The number of aromatic nitrogens is 1. The molecule has 3 N–H and O–H groups in total. The molecule has 94 valence electrons. The third kappa shape index (κ3) is 3.48. The normalized spacial score (nSPS) is 12.1. The van der Waals surface area contributed by atoms with Crippen LogP contribution in [0.2, 0.25) is 0 Å². The first-order valence-electron chi connectivity index (χ1n) is 5.37. The van der Waals surface area contributed by atoms with E-state index < -0.39 is 0 Å². The highest BCUT2D eigenvalue weighted by atomic mass is 32.2. The van der Waals surface area contributed by atoms with Gasteiger partial charge in [0.05, 0.1) is 5.25 Å². The largest absolute Gasteiger partial charge is 0.399 e. The lowest BCUT2D eigenvalue weighted by molar-refractivity contribution is -0.115. The third-order valence-corrected chi connectivity index (χ3v) is 4.03. The highest BCUT2D eigenvalue weighted by Gasteiger charge is 2.15. The zero-order valence-electron chi connectivity index (χ0n) is 9.79. The number of anilines is 2. The first-order valence-corrected chi connectivity index (χ1v) is 7.13. The molecule has 1 unspecified atom stereocenters. The number of benzene rings is 1. The van der Waals surface area contributed by atoms with Crippen LogP contribution in [0.25, 0.3) is 0 Å². The second kappa shape index (κ2) is 5.88. The average Bonchev–Trinajstić information content (AvgIpc) is 2.85. The van der Waals surface area contributed by atoms with Crippen molar-refractivity contribution in [3.63, 3.8) is 0 Å². The van der Waals surface area contributed by atoms with Gasteiger partial charge in [0.25, 0.3) is 0 Å². The predicted molar refractivity (Wildman–Crippen MR) is 76.9 cm³/mol.